The largest absolute Gasteiger partial charge is 0.460 e. The Balaban J connectivity index is 1.70. The van der Waals surface area contributed by atoms with Gasteiger partial charge in [-0.15, -0.1) is 0 Å². The molecule has 1 amide bonds. The van der Waals surface area contributed by atoms with Crippen LogP contribution in [0, 0.1) is 35.5 Å². The molecule has 14 nitrogen and oxygen atoms in total. The number of amides is 1. The fourth-order valence-electron chi connectivity index (χ4n) is 10.3. The Morgan fingerprint density at radius 2 is 1.57 bits per heavy atom. The molecule has 1 aliphatic carbocycles. The van der Waals surface area contributed by atoms with Crippen LogP contribution in [0.2, 0.25) is 0 Å². The Hall–Kier alpha value is -3.08. The number of esters is 1. The third-order valence-corrected chi connectivity index (χ3v) is 14.7. The van der Waals surface area contributed by atoms with Gasteiger partial charge in [0.05, 0.1) is 30.5 Å². The summed E-state index contributed by atoms with van der Waals surface area (Å²) >= 11 is 0. The minimum Gasteiger partial charge on any atom is -0.460 e. The summed E-state index contributed by atoms with van der Waals surface area (Å²) in [5.41, 5.74) is 1.34. The van der Waals surface area contributed by atoms with Crippen LogP contribution in [0.15, 0.2) is 47.6 Å². The summed E-state index contributed by atoms with van der Waals surface area (Å²) in [6.45, 7) is 13.0. The number of aliphatic hydroxyl groups excluding tert-OH is 3. The van der Waals surface area contributed by atoms with Crippen LogP contribution in [0.5, 0.6) is 0 Å². The zero-order chi connectivity index (χ0) is 48.2. The van der Waals surface area contributed by atoms with E-state index in [-0.39, 0.29) is 54.9 Å². The van der Waals surface area contributed by atoms with Gasteiger partial charge in [-0.25, -0.2) is 4.79 Å². The lowest BCUT2D eigenvalue weighted by molar-refractivity contribution is -0.265. The number of nitrogens with zero attached hydrogens (tertiary/aromatic N) is 1. The Labute approximate surface area is 387 Å². The number of methoxy groups -OCH3 is 3. The van der Waals surface area contributed by atoms with Crippen molar-refractivity contribution in [2.45, 2.75) is 186 Å². The van der Waals surface area contributed by atoms with Gasteiger partial charge in [0, 0.05) is 52.6 Å². The fourth-order valence-corrected chi connectivity index (χ4v) is 10.3. The summed E-state index contributed by atoms with van der Waals surface area (Å²) in [7, 11) is 4.59. The molecule has 4 rings (SSSR count). The molecule has 16 atom stereocenters. The van der Waals surface area contributed by atoms with Crippen LogP contribution >= 0.6 is 0 Å². The first-order valence-electron chi connectivity index (χ1n) is 24.1. The third kappa shape index (κ3) is 14.5. The van der Waals surface area contributed by atoms with Crippen molar-refractivity contribution in [3.05, 3.63) is 47.6 Å². The predicted molar refractivity (Wildman–Crippen MR) is 246 cm³/mol. The molecule has 3 fully saturated rings. The number of carbonyl (C=O) groups is 4. The average Bonchev–Trinajstić information content (AvgIpc) is 3.28. The summed E-state index contributed by atoms with van der Waals surface area (Å²) in [5.74, 6) is -7.35. The van der Waals surface area contributed by atoms with Crippen molar-refractivity contribution in [2.75, 3.05) is 27.9 Å². The number of hydrogen-bond donors (Lipinski definition) is 4. The molecule has 3 unspecified atom stereocenters. The van der Waals surface area contributed by atoms with Gasteiger partial charge in [-0.2, -0.15) is 0 Å². The smallest absolute Gasteiger partial charge is 0.329 e. The van der Waals surface area contributed by atoms with Crippen molar-refractivity contribution in [3.8, 4) is 0 Å². The first-order chi connectivity index (χ1) is 30.7. The van der Waals surface area contributed by atoms with Gasteiger partial charge in [0.25, 0.3) is 11.7 Å². The molecular weight excluding hydrogens is 835 g/mol. The van der Waals surface area contributed by atoms with E-state index in [0.29, 0.717) is 63.4 Å². The summed E-state index contributed by atoms with van der Waals surface area (Å²) in [6, 6.07) is -1.13. The van der Waals surface area contributed by atoms with Crippen LogP contribution in [-0.4, -0.2) is 137 Å². The molecule has 0 aromatic heterocycles. The topological polar surface area (TPSA) is 199 Å². The molecule has 2 saturated heterocycles. The molecule has 368 valence electrons. The quantitative estimate of drug-likeness (QED) is 0.138. The maximum atomic E-state index is 14.4. The maximum absolute atomic E-state index is 14.4. The van der Waals surface area contributed by atoms with Crippen molar-refractivity contribution in [1.29, 1.82) is 0 Å². The zero-order valence-corrected chi connectivity index (χ0v) is 40.7. The lowest BCUT2D eigenvalue weighted by Gasteiger charge is -2.42. The van der Waals surface area contributed by atoms with Gasteiger partial charge >= 0.3 is 5.97 Å². The standard InChI is InChI=1S/C51H81NO13/c1-30-16-12-11-13-17-31(2)42(61-8)28-38-21-19-36(7)51(60,65-38)48(57)49(58)52-23-15-14-18-39(52)50(59)64-43(33(4)26-37-20-22-40(53)44(27-37)62-9)29-41(54)32(3)25-35(6)46(56)47(63-10)45(55)34(5)24-30/h11-13,16-17,25,30,32-34,36-40,42-47,53,55-56,60H,14-15,18-24,26-29H2,1-10H3/b13-11?,16-12+,31-17?,35-25+/t30-,32?,33-,34-,36-,37+,38+,39+,40-,42?,43+,44-,45+,46?,47+,51-/m1/s1. The minimum absolute atomic E-state index is 0.0801. The third-order valence-electron chi connectivity index (χ3n) is 14.7. The van der Waals surface area contributed by atoms with E-state index >= 15 is 0 Å². The van der Waals surface area contributed by atoms with Crippen LogP contribution in [0.3, 0.4) is 0 Å². The number of Topliss-reactive ketones (excluding diaryl/α,β-unsaturated/α-hetero) is 2. The highest BCUT2D eigenvalue weighted by Crippen LogP contribution is 2.38. The van der Waals surface area contributed by atoms with Crippen LogP contribution in [0.4, 0.5) is 0 Å². The SMILES string of the molecule is COC1C[C@@H]2CC[C@@H](C)[C@@](O)(O2)C(=O)C(=O)N2CCCC[C@H]2C(=O)O[C@H]([C@H](C)C[C@@H]2CC[C@@H](O)[C@H](OC)C2)CC(=O)C(C)/C=C(\C)C(O)[C@@H](OC)[C@@H](O)[C@H](C)C[C@H](C)/C=C/C=CC=C1C. The molecule has 65 heavy (non-hydrogen) atoms. The van der Waals surface area contributed by atoms with Gasteiger partial charge in [0.1, 0.15) is 30.1 Å². The van der Waals surface area contributed by atoms with E-state index < -0.39 is 84.1 Å². The molecular formula is C51H81NO13. The van der Waals surface area contributed by atoms with Crippen molar-refractivity contribution >= 4 is 23.4 Å². The number of fused-ring (bicyclic) bond motifs is 3. The molecule has 0 aromatic carbocycles. The summed E-state index contributed by atoms with van der Waals surface area (Å²) in [5, 5.41) is 45.3. The monoisotopic (exact) mass is 916 g/mol. The molecule has 0 radical (unpaired) electrons. The minimum atomic E-state index is -2.42. The number of ether oxygens (including phenoxy) is 5. The van der Waals surface area contributed by atoms with Crippen LogP contribution in [0.25, 0.3) is 0 Å². The second-order valence-corrected chi connectivity index (χ2v) is 19.8. The number of aliphatic hydroxyl groups is 4. The van der Waals surface area contributed by atoms with Gasteiger partial charge in [-0.05, 0) is 113 Å². The summed E-state index contributed by atoms with van der Waals surface area (Å²) < 4.78 is 29.5. The first kappa shape index (κ1) is 54.5. The second-order valence-electron chi connectivity index (χ2n) is 19.8. The predicted octanol–water partition coefficient (Wildman–Crippen LogP) is 5.97. The number of allylic oxidation sites excluding steroid dienone is 6. The van der Waals surface area contributed by atoms with Gasteiger partial charge in [0.15, 0.2) is 0 Å². The highest BCUT2D eigenvalue weighted by molar-refractivity contribution is 6.39. The molecule has 3 aliphatic heterocycles. The Bertz CT molecular complexity index is 1710. The average molecular weight is 916 g/mol. The molecule has 4 N–H and O–H groups in total. The van der Waals surface area contributed by atoms with Gasteiger partial charge in [-0.3, -0.25) is 14.4 Å². The van der Waals surface area contributed by atoms with Gasteiger partial charge in [-0.1, -0.05) is 71.1 Å². The molecule has 3 heterocycles. The second kappa shape index (κ2) is 25.3. The molecule has 2 bridgehead atoms. The lowest BCUT2D eigenvalue weighted by Crippen LogP contribution is -2.61. The Morgan fingerprint density at radius 3 is 2.25 bits per heavy atom. The normalized spacial score (nSPS) is 40.2. The molecule has 14 heteroatoms. The molecule has 0 aromatic rings. The van der Waals surface area contributed by atoms with E-state index in [1.807, 2.05) is 58.1 Å². The number of piperidine rings is 1. The number of hydrogen-bond acceptors (Lipinski definition) is 13. The zero-order valence-electron chi connectivity index (χ0n) is 40.7. The molecule has 0 spiro atoms. The lowest BCUT2D eigenvalue weighted by atomic mass is 9.78. The van der Waals surface area contributed by atoms with E-state index in [0.717, 1.165) is 12.0 Å². The van der Waals surface area contributed by atoms with E-state index in [4.69, 9.17) is 23.7 Å². The highest BCUT2D eigenvalue weighted by Gasteiger charge is 2.53. The number of rotatable bonds is 6. The highest BCUT2D eigenvalue weighted by atomic mass is 16.6. The molecule has 1 saturated carbocycles. The van der Waals surface area contributed by atoms with Crippen molar-refractivity contribution in [2.24, 2.45) is 35.5 Å². The number of ketones is 2. The van der Waals surface area contributed by atoms with Crippen molar-refractivity contribution in [3.63, 3.8) is 0 Å². The van der Waals surface area contributed by atoms with E-state index in [2.05, 4.69) is 0 Å². The van der Waals surface area contributed by atoms with E-state index in [9.17, 15) is 39.6 Å². The van der Waals surface area contributed by atoms with Crippen LogP contribution in [0.1, 0.15) is 126 Å². The van der Waals surface area contributed by atoms with Gasteiger partial charge in [0.2, 0.25) is 5.79 Å². The van der Waals surface area contributed by atoms with Crippen molar-refractivity contribution < 1.29 is 63.3 Å². The first-order valence-corrected chi connectivity index (χ1v) is 24.1. The van der Waals surface area contributed by atoms with Crippen molar-refractivity contribution in [1.82, 2.24) is 4.90 Å². The van der Waals surface area contributed by atoms with Gasteiger partial charge < -0.3 is 49.0 Å². The molecule has 4 aliphatic rings. The number of carbonyl (C=O) groups excluding carboxylic acids is 4. The van der Waals surface area contributed by atoms with E-state index in [1.165, 1.54) is 12.0 Å². The van der Waals surface area contributed by atoms with Crippen LogP contribution in [-0.2, 0) is 42.9 Å². The fraction of sp³-hybridized carbons (Fsp3) is 0.765. The maximum Gasteiger partial charge on any atom is 0.329 e. The van der Waals surface area contributed by atoms with E-state index in [1.54, 1.807) is 41.1 Å². The Morgan fingerprint density at radius 1 is 0.846 bits per heavy atom. The number of cyclic esters (lactones) is 1. The Kier molecular flexibility index (Phi) is 21.3. The summed E-state index contributed by atoms with van der Waals surface area (Å²) in [4.78, 5) is 58.1. The van der Waals surface area contributed by atoms with Crippen LogP contribution < -0.4 is 0 Å². The summed E-state index contributed by atoms with van der Waals surface area (Å²) in [6.07, 6.45) is 10.9.